The molecule has 0 saturated carbocycles. The van der Waals surface area contributed by atoms with Gasteiger partial charge in [0.1, 0.15) is 5.82 Å². The van der Waals surface area contributed by atoms with E-state index < -0.39 is 0 Å². The molecule has 2 heterocycles. The number of alkyl halides is 1. The Kier molecular flexibility index (Phi) is 2.86. The number of aromatic amines is 1. The van der Waals surface area contributed by atoms with E-state index in [1.165, 1.54) is 0 Å². The first-order valence-corrected chi connectivity index (χ1v) is 5.70. The van der Waals surface area contributed by atoms with Crippen LogP contribution in [0.4, 0.5) is 0 Å². The van der Waals surface area contributed by atoms with E-state index in [0.717, 1.165) is 22.8 Å². The maximum atomic E-state index is 4.34. The number of hydrogen-bond acceptors (Lipinski definition) is 2. The number of nitrogens with zero attached hydrogens (tertiary/aromatic N) is 2. The lowest BCUT2D eigenvalue weighted by Crippen LogP contribution is -1.86. The average Bonchev–Trinajstić information content (AvgIpc) is 2.66. The second kappa shape index (κ2) is 4.14. The first-order valence-electron chi connectivity index (χ1n) is 4.79. The van der Waals surface area contributed by atoms with Gasteiger partial charge in [-0.1, -0.05) is 15.9 Å². The lowest BCUT2D eigenvalue weighted by molar-refractivity contribution is 1.05. The summed E-state index contributed by atoms with van der Waals surface area (Å²) < 4.78 is 0. The summed E-state index contributed by atoms with van der Waals surface area (Å²) >= 11 is 3.50. The number of nitrogens with one attached hydrogen (secondary N) is 1. The Morgan fingerprint density at radius 2 is 2.20 bits per heavy atom. The summed E-state index contributed by atoms with van der Waals surface area (Å²) in [5, 5.41) is 0. The van der Waals surface area contributed by atoms with Gasteiger partial charge in [-0.25, -0.2) is 4.98 Å². The van der Waals surface area contributed by atoms with E-state index >= 15 is 0 Å². The summed E-state index contributed by atoms with van der Waals surface area (Å²) in [5.41, 5.74) is 3.15. The van der Waals surface area contributed by atoms with Crippen LogP contribution in [0, 0.1) is 6.92 Å². The van der Waals surface area contributed by atoms with Crippen molar-refractivity contribution in [3.63, 3.8) is 0 Å². The fraction of sp³-hybridized carbons (Fsp3) is 0.273. The van der Waals surface area contributed by atoms with Crippen LogP contribution in [0.3, 0.4) is 0 Å². The predicted molar refractivity (Wildman–Crippen MR) is 63.9 cm³/mol. The zero-order chi connectivity index (χ0) is 10.8. The van der Waals surface area contributed by atoms with E-state index in [2.05, 4.69) is 37.8 Å². The van der Waals surface area contributed by atoms with Crippen LogP contribution in [0.15, 0.2) is 24.5 Å². The van der Waals surface area contributed by atoms with Gasteiger partial charge in [-0.05, 0) is 26.0 Å². The molecule has 0 aliphatic heterocycles. The summed E-state index contributed by atoms with van der Waals surface area (Å²) in [4.78, 5) is 12.1. The number of H-pyrrole nitrogens is 1. The van der Waals surface area contributed by atoms with Gasteiger partial charge in [0.2, 0.25) is 0 Å². The Morgan fingerprint density at radius 3 is 2.80 bits per heavy atom. The highest BCUT2D eigenvalue weighted by Gasteiger charge is 2.07. The molecule has 0 spiro atoms. The smallest absolute Gasteiger partial charge is 0.137 e. The van der Waals surface area contributed by atoms with Gasteiger partial charge in [-0.2, -0.15) is 0 Å². The van der Waals surface area contributed by atoms with E-state index in [1.807, 2.05) is 25.3 Å². The Hall–Kier alpha value is -1.16. The molecule has 0 saturated heterocycles. The molecule has 0 aliphatic carbocycles. The van der Waals surface area contributed by atoms with Crippen molar-refractivity contribution in [1.29, 1.82) is 0 Å². The summed E-state index contributed by atoms with van der Waals surface area (Å²) in [5.74, 6) is 0.891. The van der Waals surface area contributed by atoms with Crippen LogP contribution in [-0.4, -0.2) is 15.0 Å². The maximum absolute atomic E-state index is 4.34. The van der Waals surface area contributed by atoms with Crippen LogP contribution in [0.5, 0.6) is 0 Å². The van der Waals surface area contributed by atoms with Crippen molar-refractivity contribution in [2.75, 3.05) is 0 Å². The molecule has 1 atom stereocenters. The Balaban J connectivity index is 2.37. The van der Waals surface area contributed by atoms with Crippen LogP contribution in [0.2, 0.25) is 0 Å². The van der Waals surface area contributed by atoms with Crippen LogP contribution in [0.1, 0.15) is 23.1 Å². The van der Waals surface area contributed by atoms with E-state index in [4.69, 9.17) is 0 Å². The highest BCUT2D eigenvalue weighted by atomic mass is 79.9. The third kappa shape index (κ3) is 2.26. The van der Waals surface area contributed by atoms with Crippen molar-refractivity contribution < 1.29 is 0 Å². The molecule has 2 rings (SSSR count). The lowest BCUT2D eigenvalue weighted by atomic mass is 10.2. The zero-order valence-electron chi connectivity index (χ0n) is 8.66. The number of halogens is 1. The number of imidazole rings is 1. The second-order valence-corrected chi connectivity index (χ2v) is 4.86. The van der Waals surface area contributed by atoms with E-state index in [9.17, 15) is 0 Å². The highest BCUT2D eigenvalue weighted by Crippen LogP contribution is 2.23. The van der Waals surface area contributed by atoms with Gasteiger partial charge in [0, 0.05) is 29.3 Å². The number of rotatable bonds is 2. The van der Waals surface area contributed by atoms with Crippen LogP contribution in [-0.2, 0) is 0 Å². The number of aromatic nitrogens is 3. The zero-order valence-corrected chi connectivity index (χ0v) is 10.2. The summed E-state index contributed by atoms with van der Waals surface area (Å²) in [6.45, 7) is 4.04. The van der Waals surface area contributed by atoms with Crippen molar-refractivity contribution in [2.45, 2.75) is 18.7 Å². The molecule has 2 aromatic heterocycles. The van der Waals surface area contributed by atoms with Gasteiger partial charge >= 0.3 is 0 Å². The molecular formula is C11H12BrN3. The Bertz CT molecular complexity index is 462. The maximum Gasteiger partial charge on any atom is 0.137 e. The molecule has 2 aromatic rings. The van der Waals surface area contributed by atoms with Crippen LogP contribution < -0.4 is 0 Å². The average molecular weight is 266 g/mol. The molecule has 0 aliphatic rings. The van der Waals surface area contributed by atoms with Gasteiger partial charge in [0.05, 0.1) is 4.83 Å². The largest absolute Gasteiger partial charge is 0.341 e. The summed E-state index contributed by atoms with van der Waals surface area (Å²) in [6.07, 6.45) is 3.65. The second-order valence-electron chi connectivity index (χ2n) is 3.49. The van der Waals surface area contributed by atoms with E-state index in [1.54, 1.807) is 6.20 Å². The monoisotopic (exact) mass is 265 g/mol. The van der Waals surface area contributed by atoms with Gasteiger partial charge in [0.15, 0.2) is 0 Å². The van der Waals surface area contributed by atoms with Gasteiger partial charge in [0.25, 0.3) is 0 Å². The van der Waals surface area contributed by atoms with Crippen LogP contribution in [0.25, 0.3) is 11.4 Å². The fourth-order valence-electron chi connectivity index (χ4n) is 1.38. The molecular weight excluding hydrogens is 254 g/mol. The quantitative estimate of drug-likeness (QED) is 0.848. The third-order valence-corrected chi connectivity index (χ3v) is 2.69. The SMILES string of the molecule is Cc1cc(-c2ncc(C(C)Br)[nH]2)ccn1. The van der Waals surface area contributed by atoms with Crippen molar-refractivity contribution in [2.24, 2.45) is 0 Å². The minimum Gasteiger partial charge on any atom is -0.341 e. The van der Waals surface area contributed by atoms with Crippen LogP contribution >= 0.6 is 15.9 Å². The van der Waals surface area contributed by atoms with Crippen molar-refractivity contribution in [3.05, 3.63) is 35.9 Å². The van der Waals surface area contributed by atoms with Gasteiger partial charge in [-0.15, -0.1) is 0 Å². The van der Waals surface area contributed by atoms with E-state index in [0.29, 0.717) is 4.83 Å². The van der Waals surface area contributed by atoms with E-state index in [-0.39, 0.29) is 0 Å². The molecule has 3 nitrogen and oxygen atoms in total. The minimum atomic E-state index is 0.293. The molecule has 1 unspecified atom stereocenters. The normalized spacial score (nSPS) is 12.7. The molecule has 0 bridgehead atoms. The molecule has 0 aromatic carbocycles. The summed E-state index contributed by atoms with van der Waals surface area (Å²) in [7, 11) is 0. The standard InChI is InChI=1S/C11H12BrN3/c1-7-5-9(3-4-13-7)11-14-6-10(15-11)8(2)12/h3-6,8H,1-2H3,(H,14,15). The number of aryl methyl sites for hydroxylation is 1. The molecule has 0 radical (unpaired) electrons. The topological polar surface area (TPSA) is 41.6 Å². The van der Waals surface area contributed by atoms with Gasteiger partial charge < -0.3 is 4.98 Å². The molecule has 1 N–H and O–H groups in total. The van der Waals surface area contributed by atoms with Crippen molar-refractivity contribution in [1.82, 2.24) is 15.0 Å². The molecule has 0 amide bonds. The highest BCUT2D eigenvalue weighted by molar-refractivity contribution is 9.09. The Morgan fingerprint density at radius 1 is 1.40 bits per heavy atom. The number of hydrogen-bond donors (Lipinski definition) is 1. The summed E-state index contributed by atoms with van der Waals surface area (Å²) in [6, 6.07) is 3.97. The fourth-order valence-corrected chi connectivity index (χ4v) is 1.61. The molecule has 4 heteroatoms. The first kappa shape index (κ1) is 10.4. The Labute approximate surface area is 97.1 Å². The molecule has 15 heavy (non-hydrogen) atoms. The van der Waals surface area contributed by atoms with Crippen molar-refractivity contribution >= 4 is 15.9 Å². The number of pyridine rings is 1. The third-order valence-electron chi connectivity index (χ3n) is 2.19. The predicted octanol–water partition coefficient (Wildman–Crippen LogP) is 3.24. The first-order chi connectivity index (χ1) is 7.16. The molecule has 0 fully saturated rings. The molecule has 78 valence electrons. The van der Waals surface area contributed by atoms with Gasteiger partial charge in [-0.3, -0.25) is 4.98 Å². The minimum absolute atomic E-state index is 0.293. The van der Waals surface area contributed by atoms with Crippen molar-refractivity contribution in [3.8, 4) is 11.4 Å². The lowest BCUT2D eigenvalue weighted by Gasteiger charge is -1.99.